The maximum absolute atomic E-state index is 12.1. The van der Waals surface area contributed by atoms with Crippen LogP contribution in [0.3, 0.4) is 0 Å². The van der Waals surface area contributed by atoms with Gasteiger partial charge in [-0.3, -0.25) is 0 Å². The summed E-state index contributed by atoms with van der Waals surface area (Å²) in [6.45, 7) is 0.400. The van der Waals surface area contributed by atoms with Crippen LogP contribution in [0.25, 0.3) is 0 Å². The molecule has 8 heteroatoms. The lowest BCUT2D eigenvalue weighted by Crippen LogP contribution is -2.46. The molecule has 1 aliphatic rings. The maximum atomic E-state index is 12.1. The molecule has 0 amide bonds. The van der Waals surface area contributed by atoms with E-state index in [1.807, 2.05) is 0 Å². The quantitative estimate of drug-likeness (QED) is 0.639. The Morgan fingerprint density at radius 3 is 2.43 bits per heavy atom. The molecule has 0 aromatic heterocycles. The van der Waals surface area contributed by atoms with Crippen LogP contribution in [0.1, 0.15) is 0 Å². The number of halogens is 2. The summed E-state index contributed by atoms with van der Waals surface area (Å²) in [6, 6.07) is -0.811. The van der Waals surface area contributed by atoms with Crippen molar-refractivity contribution < 1.29 is 22.3 Å². The molecule has 0 radical (unpaired) electrons. The molecule has 0 aromatic rings. The highest BCUT2D eigenvalue weighted by Gasteiger charge is 2.39. The highest BCUT2D eigenvalue weighted by Crippen LogP contribution is 2.16. The molecule has 1 aliphatic heterocycles. The van der Waals surface area contributed by atoms with Gasteiger partial charge in [0.25, 0.3) is 10.0 Å². The van der Waals surface area contributed by atoms with Crippen molar-refractivity contribution in [2.45, 2.75) is 17.9 Å². The first-order valence-corrected chi connectivity index (χ1v) is 5.51. The Hall–Kier alpha value is -0.310. The summed E-state index contributed by atoms with van der Waals surface area (Å²) in [6.07, 6.45) is -0.937. The van der Waals surface area contributed by atoms with Crippen LogP contribution < -0.4 is 5.32 Å². The summed E-state index contributed by atoms with van der Waals surface area (Å²) in [7, 11) is -3.55. The van der Waals surface area contributed by atoms with Crippen molar-refractivity contribution in [1.29, 1.82) is 0 Å². The SMILES string of the molecule is CN([C@H]1CNC[C@@H]1O)S(=O)(=O)C(F)F. The average molecular weight is 230 g/mol. The fourth-order valence-corrected chi connectivity index (χ4v) is 2.18. The van der Waals surface area contributed by atoms with Crippen LogP contribution in [0.2, 0.25) is 0 Å². The first-order valence-electron chi connectivity index (χ1n) is 4.01. The number of hydrogen-bond acceptors (Lipinski definition) is 4. The summed E-state index contributed by atoms with van der Waals surface area (Å²) in [5, 5.41) is 12.0. The Balaban J connectivity index is 2.79. The highest BCUT2D eigenvalue weighted by atomic mass is 32.2. The van der Waals surface area contributed by atoms with E-state index in [2.05, 4.69) is 5.32 Å². The van der Waals surface area contributed by atoms with E-state index in [0.717, 1.165) is 7.05 Å². The molecule has 0 saturated carbocycles. The standard InChI is InChI=1S/C6H12F2N2O3S/c1-10(14(12,13)6(7)8)4-2-9-3-5(4)11/h4-6,9,11H,2-3H2,1H3/t4-,5-/m0/s1. The van der Waals surface area contributed by atoms with E-state index < -0.39 is 27.9 Å². The summed E-state index contributed by atoms with van der Waals surface area (Å²) < 4.78 is 46.8. The number of aliphatic hydroxyl groups excluding tert-OH is 1. The van der Waals surface area contributed by atoms with E-state index >= 15 is 0 Å². The molecule has 0 unspecified atom stereocenters. The third kappa shape index (κ3) is 2.02. The number of hydrogen-bond donors (Lipinski definition) is 2. The smallest absolute Gasteiger partial charge is 0.350 e. The minimum absolute atomic E-state index is 0.184. The zero-order chi connectivity index (χ0) is 10.9. The number of rotatable bonds is 3. The summed E-state index contributed by atoms with van der Waals surface area (Å²) in [5.41, 5.74) is 0. The molecule has 1 heterocycles. The third-order valence-corrected chi connectivity index (χ3v) is 3.77. The molecular formula is C6H12F2N2O3S. The van der Waals surface area contributed by atoms with Gasteiger partial charge in [0.2, 0.25) is 0 Å². The first-order chi connectivity index (χ1) is 6.37. The lowest BCUT2D eigenvalue weighted by atomic mass is 10.2. The number of β-amino-alcohol motifs (C(OH)–C–C–N with tert-alkyl or cyclic N) is 1. The zero-order valence-corrected chi connectivity index (χ0v) is 8.34. The van der Waals surface area contributed by atoms with Gasteiger partial charge in [0, 0.05) is 20.1 Å². The van der Waals surface area contributed by atoms with Crippen LogP contribution in [-0.4, -0.2) is 55.9 Å². The minimum Gasteiger partial charge on any atom is -0.390 e. The minimum atomic E-state index is -4.59. The van der Waals surface area contributed by atoms with Crippen LogP contribution in [0.15, 0.2) is 0 Å². The zero-order valence-electron chi connectivity index (χ0n) is 7.52. The molecule has 1 saturated heterocycles. The van der Waals surface area contributed by atoms with Crippen LogP contribution in [-0.2, 0) is 10.0 Å². The van der Waals surface area contributed by atoms with E-state index in [1.165, 1.54) is 0 Å². The Labute approximate surface area is 80.8 Å². The second kappa shape index (κ2) is 4.05. The highest BCUT2D eigenvalue weighted by molar-refractivity contribution is 7.89. The number of alkyl halides is 2. The molecular weight excluding hydrogens is 218 g/mol. The molecule has 2 N–H and O–H groups in total. The lowest BCUT2D eigenvalue weighted by molar-refractivity contribution is 0.130. The summed E-state index contributed by atoms with van der Waals surface area (Å²) in [4.78, 5) is 0. The molecule has 0 bridgehead atoms. The Bertz CT molecular complexity index is 295. The van der Waals surface area contributed by atoms with Gasteiger partial charge in [-0.2, -0.15) is 13.1 Å². The fourth-order valence-electron chi connectivity index (χ4n) is 1.34. The van der Waals surface area contributed by atoms with Crippen LogP contribution in [0.5, 0.6) is 0 Å². The molecule has 1 rings (SSSR count). The van der Waals surface area contributed by atoms with E-state index in [0.29, 0.717) is 4.31 Å². The Morgan fingerprint density at radius 2 is 2.07 bits per heavy atom. The molecule has 0 aromatic carbocycles. The van der Waals surface area contributed by atoms with E-state index in [1.54, 1.807) is 0 Å². The molecule has 14 heavy (non-hydrogen) atoms. The van der Waals surface area contributed by atoms with E-state index in [-0.39, 0.29) is 13.1 Å². The van der Waals surface area contributed by atoms with Gasteiger partial charge in [-0.1, -0.05) is 0 Å². The van der Waals surface area contributed by atoms with E-state index in [9.17, 15) is 22.3 Å². The maximum Gasteiger partial charge on any atom is 0.350 e. The lowest BCUT2D eigenvalue weighted by Gasteiger charge is -2.24. The molecule has 2 atom stereocenters. The van der Waals surface area contributed by atoms with Gasteiger partial charge in [0.15, 0.2) is 0 Å². The number of nitrogens with one attached hydrogen (secondary N) is 1. The van der Waals surface area contributed by atoms with E-state index in [4.69, 9.17) is 0 Å². The normalized spacial score (nSPS) is 29.0. The average Bonchev–Trinajstić information content (AvgIpc) is 2.49. The van der Waals surface area contributed by atoms with Gasteiger partial charge in [0.05, 0.1) is 12.1 Å². The van der Waals surface area contributed by atoms with Gasteiger partial charge < -0.3 is 10.4 Å². The Kier molecular flexibility index (Phi) is 3.40. The van der Waals surface area contributed by atoms with Gasteiger partial charge >= 0.3 is 5.76 Å². The molecule has 84 valence electrons. The molecule has 0 spiro atoms. The predicted molar refractivity (Wildman–Crippen MR) is 45.4 cm³/mol. The van der Waals surface area contributed by atoms with Crippen molar-refractivity contribution in [3.05, 3.63) is 0 Å². The van der Waals surface area contributed by atoms with Crippen molar-refractivity contribution in [2.24, 2.45) is 0 Å². The monoisotopic (exact) mass is 230 g/mol. The predicted octanol–water partition coefficient (Wildman–Crippen LogP) is -1.20. The summed E-state index contributed by atoms with van der Waals surface area (Å²) in [5.74, 6) is -3.44. The third-order valence-electron chi connectivity index (χ3n) is 2.24. The molecule has 5 nitrogen and oxygen atoms in total. The van der Waals surface area contributed by atoms with Crippen molar-refractivity contribution >= 4 is 10.0 Å². The van der Waals surface area contributed by atoms with Crippen molar-refractivity contribution in [1.82, 2.24) is 9.62 Å². The van der Waals surface area contributed by atoms with Crippen molar-refractivity contribution in [3.63, 3.8) is 0 Å². The number of likely N-dealkylation sites (N-methyl/N-ethyl adjacent to an activating group) is 1. The van der Waals surface area contributed by atoms with Crippen LogP contribution >= 0.6 is 0 Å². The van der Waals surface area contributed by atoms with Gasteiger partial charge in [-0.05, 0) is 0 Å². The van der Waals surface area contributed by atoms with Crippen molar-refractivity contribution in [3.8, 4) is 0 Å². The van der Waals surface area contributed by atoms with Crippen molar-refractivity contribution in [2.75, 3.05) is 20.1 Å². The Morgan fingerprint density at radius 1 is 1.50 bits per heavy atom. The second-order valence-electron chi connectivity index (χ2n) is 3.11. The number of nitrogens with zero attached hydrogens (tertiary/aromatic N) is 1. The van der Waals surface area contributed by atoms with Gasteiger partial charge in [-0.15, -0.1) is 0 Å². The summed E-state index contributed by atoms with van der Waals surface area (Å²) >= 11 is 0. The first kappa shape index (κ1) is 11.8. The number of aliphatic hydroxyl groups is 1. The van der Waals surface area contributed by atoms with Gasteiger partial charge in [0.1, 0.15) is 0 Å². The fraction of sp³-hybridized carbons (Fsp3) is 1.00. The second-order valence-corrected chi connectivity index (χ2v) is 5.08. The van der Waals surface area contributed by atoms with Gasteiger partial charge in [-0.25, -0.2) is 8.42 Å². The van der Waals surface area contributed by atoms with Crippen LogP contribution in [0, 0.1) is 0 Å². The van der Waals surface area contributed by atoms with Crippen LogP contribution in [0.4, 0.5) is 8.78 Å². The topological polar surface area (TPSA) is 69.6 Å². The molecule has 0 aliphatic carbocycles. The number of sulfonamides is 1. The largest absolute Gasteiger partial charge is 0.390 e. The molecule has 1 fully saturated rings.